The third kappa shape index (κ3) is 8.05. The van der Waals surface area contributed by atoms with Crippen LogP contribution < -0.4 is 21.3 Å². The number of likely N-dealkylation sites (N-methyl/N-ethyl adjacent to an activating group) is 1. The van der Waals surface area contributed by atoms with Crippen LogP contribution in [0, 0.1) is 5.92 Å². The number of ketones is 1. The molecular formula is C33H47N9O3. The fourth-order valence-corrected chi connectivity index (χ4v) is 5.83. The van der Waals surface area contributed by atoms with Gasteiger partial charge in [-0.15, -0.1) is 0 Å². The first kappa shape index (κ1) is 32.5. The summed E-state index contributed by atoms with van der Waals surface area (Å²) in [4.78, 5) is 38.8. The summed E-state index contributed by atoms with van der Waals surface area (Å²) in [6.45, 7) is 9.80. The lowest BCUT2D eigenvalue weighted by molar-refractivity contribution is -0.120. The molecule has 12 nitrogen and oxygen atoms in total. The standard InChI is InChI=1S/C33H47N9O3/c1-21(2)26-20-35-42-30(26)39-32(37-24-13-17-45-18-14-24)40-33(42)36-22(3)25-10-6-11-27(29(25)28(43)12-8-16-41(4)5)38-31(44)23-9-7-15-34-19-23/h6,8,10-12,20-24,34H,7,9,13-19H2,1-5H3,(H,38,44)(H2,36,37,39,40)/b12-8+. The van der Waals surface area contributed by atoms with E-state index in [0.29, 0.717) is 49.5 Å². The lowest BCUT2D eigenvalue weighted by Gasteiger charge is -2.25. The number of carbonyl (C=O) groups excluding carboxylic acids is 2. The van der Waals surface area contributed by atoms with Crippen LogP contribution >= 0.6 is 0 Å². The Bertz CT molecular complexity index is 1500. The molecule has 2 aliphatic heterocycles. The lowest BCUT2D eigenvalue weighted by Crippen LogP contribution is -2.37. The Morgan fingerprint density at radius 2 is 1.93 bits per heavy atom. The summed E-state index contributed by atoms with van der Waals surface area (Å²) in [6.07, 6.45) is 8.79. The second kappa shape index (κ2) is 14.9. The number of amides is 1. The van der Waals surface area contributed by atoms with Crippen LogP contribution in [-0.4, -0.2) is 89.2 Å². The zero-order valence-electron chi connectivity index (χ0n) is 27.1. The molecule has 2 saturated heterocycles. The molecule has 1 amide bonds. The molecule has 0 radical (unpaired) electrons. The number of hydrogen-bond donors (Lipinski definition) is 4. The van der Waals surface area contributed by atoms with Gasteiger partial charge in [0, 0.05) is 37.9 Å². The number of ether oxygens (including phenoxy) is 1. The first-order valence-electron chi connectivity index (χ1n) is 16.1. The van der Waals surface area contributed by atoms with Crippen LogP contribution in [0.3, 0.4) is 0 Å². The monoisotopic (exact) mass is 617 g/mol. The minimum atomic E-state index is -0.361. The second-order valence-corrected chi connectivity index (χ2v) is 12.6. The molecule has 2 aromatic heterocycles. The number of benzene rings is 1. The van der Waals surface area contributed by atoms with E-state index in [-0.39, 0.29) is 35.6 Å². The smallest absolute Gasteiger partial charge is 0.229 e. The maximum atomic E-state index is 13.8. The van der Waals surface area contributed by atoms with Crippen LogP contribution in [0.15, 0.2) is 36.5 Å². The maximum absolute atomic E-state index is 13.8. The van der Waals surface area contributed by atoms with Crippen molar-refractivity contribution in [1.29, 1.82) is 0 Å². The van der Waals surface area contributed by atoms with Crippen LogP contribution in [0.4, 0.5) is 17.6 Å². The number of nitrogens with one attached hydrogen (secondary N) is 4. The number of carbonyl (C=O) groups is 2. The summed E-state index contributed by atoms with van der Waals surface area (Å²) in [5.41, 5.74) is 3.46. The Morgan fingerprint density at radius 1 is 1.13 bits per heavy atom. The van der Waals surface area contributed by atoms with E-state index in [1.807, 2.05) is 50.3 Å². The first-order chi connectivity index (χ1) is 21.7. The SMILES string of the molecule is CC(C)c1cnn2c(NC(C)c3cccc(NC(=O)C4CCCNC4)c3C(=O)/C=C/CN(C)C)nc(NC3CCOCC3)nc12. The van der Waals surface area contributed by atoms with Gasteiger partial charge in [-0.1, -0.05) is 32.1 Å². The van der Waals surface area contributed by atoms with Crippen LogP contribution in [-0.2, 0) is 9.53 Å². The maximum Gasteiger partial charge on any atom is 0.229 e. The van der Waals surface area contributed by atoms with E-state index >= 15 is 0 Å². The molecule has 4 heterocycles. The van der Waals surface area contributed by atoms with Gasteiger partial charge in [0.05, 0.1) is 29.4 Å². The van der Waals surface area contributed by atoms with Crippen molar-refractivity contribution < 1.29 is 14.3 Å². The van der Waals surface area contributed by atoms with Gasteiger partial charge in [0.1, 0.15) is 0 Å². The first-order valence-corrected chi connectivity index (χ1v) is 16.1. The van der Waals surface area contributed by atoms with Gasteiger partial charge in [-0.3, -0.25) is 9.59 Å². The Kier molecular flexibility index (Phi) is 10.8. The molecule has 242 valence electrons. The number of nitrogens with zero attached hydrogens (tertiary/aromatic N) is 5. The van der Waals surface area contributed by atoms with Crippen molar-refractivity contribution in [3.63, 3.8) is 0 Å². The molecule has 2 unspecified atom stereocenters. The van der Waals surface area contributed by atoms with Gasteiger partial charge < -0.3 is 30.9 Å². The van der Waals surface area contributed by atoms with E-state index in [2.05, 4.69) is 40.2 Å². The molecule has 2 atom stereocenters. The van der Waals surface area contributed by atoms with E-state index in [1.54, 1.807) is 16.7 Å². The van der Waals surface area contributed by atoms with Crippen molar-refractivity contribution in [2.75, 3.05) is 62.9 Å². The highest BCUT2D eigenvalue weighted by Crippen LogP contribution is 2.30. The van der Waals surface area contributed by atoms with Crippen molar-refractivity contribution >= 4 is 34.9 Å². The molecule has 2 fully saturated rings. The molecule has 3 aromatic rings. The van der Waals surface area contributed by atoms with Crippen LogP contribution in [0.2, 0.25) is 0 Å². The summed E-state index contributed by atoms with van der Waals surface area (Å²) >= 11 is 0. The predicted octanol–water partition coefficient (Wildman–Crippen LogP) is 4.25. The Morgan fingerprint density at radius 3 is 2.64 bits per heavy atom. The van der Waals surface area contributed by atoms with E-state index in [1.165, 1.54) is 0 Å². The normalized spacial score (nSPS) is 18.5. The van der Waals surface area contributed by atoms with Crippen LogP contribution in [0.1, 0.15) is 79.9 Å². The average Bonchev–Trinajstić information content (AvgIpc) is 3.46. The number of aromatic nitrogens is 4. The number of piperidine rings is 1. The minimum absolute atomic E-state index is 0.0784. The lowest BCUT2D eigenvalue weighted by atomic mass is 9.94. The topological polar surface area (TPSA) is 138 Å². The van der Waals surface area contributed by atoms with Gasteiger partial charge in [-0.25, -0.2) is 0 Å². The zero-order valence-corrected chi connectivity index (χ0v) is 27.1. The van der Waals surface area contributed by atoms with E-state index in [0.717, 1.165) is 49.0 Å². The fourth-order valence-electron chi connectivity index (χ4n) is 5.83. The quantitative estimate of drug-likeness (QED) is 0.172. The molecule has 5 rings (SSSR count). The Labute approximate surface area is 265 Å². The summed E-state index contributed by atoms with van der Waals surface area (Å²) in [7, 11) is 3.90. The molecule has 1 aromatic carbocycles. The zero-order chi connectivity index (χ0) is 31.9. The molecule has 4 N–H and O–H groups in total. The van der Waals surface area contributed by atoms with Gasteiger partial charge in [0.15, 0.2) is 11.4 Å². The molecule has 12 heteroatoms. The molecule has 45 heavy (non-hydrogen) atoms. The van der Waals surface area contributed by atoms with Gasteiger partial charge in [-0.2, -0.15) is 19.6 Å². The van der Waals surface area contributed by atoms with Crippen molar-refractivity contribution in [1.82, 2.24) is 29.8 Å². The highest BCUT2D eigenvalue weighted by Gasteiger charge is 2.26. The van der Waals surface area contributed by atoms with Crippen molar-refractivity contribution in [2.24, 2.45) is 5.92 Å². The average molecular weight is 618 g/mol. The molecule has 0 aliphatic carbocycles. The molecular weight excluding hydrogens is 570 g/mol. The fraction of sp³-hybridized carbons (Fsp3) is 0.545. The largest absolute Gasteiger partial charge is 0.381 e. The van der Waals surface area contributed by atoms with Gasteiger partial charge in [-0.05, 0) is 76.9 Å². The van der Waals surface area contributed by atoms with Crippen molar-refractivity contribution in [2.45, 2.75) is 64.5 Å². The van der Waals surface area contributed by atoms with Crippen molar-refractivity contribution in [3.05, 3.63) is 53.2 Å². The summed E-state index contributed by atoms with van der Waals surface area (Å²) in [5.74, 6) is 0.863. The third-order valence-corrected chi connectivity index (χ3v) is 8.39. The summed E-state index contributed by atoms with van der Waals surface area (Å²) in [5, 5.41) is 18.0. The van der Waals surface area contributed by atoms with E-state index in [4.69, 9.17) is 14.7 Å². The minimum Gasteiger partial charge on any atom is -0.381 e. The molecule has 2 aliphatic rings. The van der Waals surface area contributed by atoms with E-state index < -0.39 is 0 Å². The number of hydrogen-bond acceptors (Lipinski definition) is 10. The number of rotatable bonds is 12. The van der Waals surface area contributed by atoms with Gasteiger partial charge >= 0.3 is 0 Å². The molecule has 0 saturated carbocycles. The molecule has 0 spiro atoms. The summed E-state index contributed by atoms with van der Waals surface area (Å²) < 4.78 is 7.26. The predicted molar refractivity (Wildman–Crippen MR) is 177 cm³/mol. The highest BCUT2D eigenvalue weighted by molar-refractivity contribution is 6.12. The highest BCUT2D eigenvalue weighted by atomic mass is 16.5. The number of anilines is 3. The number of fused-ring (bicyclic) bond motifs is 1. The summed E-state index contributed by atoms with van der Waals surface area (Å²) in [6, 6.07) is 5.46. The third-order valence-electron chi connectivity index (χ3n) is 8.39. The van der Waals surface area contributed by atoms with Gasteiger partial charge in [0.25, 0.3) is 0 Å². The van der Waals surface area contributed by atoms with Gasteiger partial charge in [0.2, 0.25) is 17.8 Å². The second-order valence-electron chi connectivity index (χ2n) is 12.6. The van der Waals surface area contributed by atoms with Crippen molar-refractivity contribution in [3.8, 4) is 0 Å². The molecule has 0 bridgehead atoms. The number of allylic oxidation sites excluding steroid dienone is 1. The Balaban J connectivity index is 1.49. The van der Waals surface area contributed by atoms with Crippen LogP contribution in [0.5, 0.6) is 0 Å². The van der Waals surface area contributed by atoms with Crippen LogP contribution in [0.25, 0.3) is 5.65 Å². The van der Waals surface area contributed by atoms with E-state index in [9.17, 15) is 9.59 Å². The Hall–Kier alpha value is -3.87.